The first kappa shape index (κ1) is 18.6. The van der Waals surface area contributed by atoms with Crippen molar-refractivity contribution in [2.75, 3.05) is 5.32 Å². The normalized spacial score (nSPS) is 17.5. The molecule has 0 spiro atoms. The Morgan fingerprint density at radius 3 is 2.50 bits per heavy atom. The quantitative estimate of drug-likeness (QED) is 0.702. The third-order valence-corrected chi connectivity index (χ3v) is 7.14. The van der Waals surface area contributed by atoms with Crippen LogP contribution < -0.4 is 5.32 Å². The van der Waals surface area contributed by atoms with E-state index in [1.165, 1.54) is 5.56 Å². The Bertz CT molecular complexity index is 1050. The van der Waals surface area contributed by atoms with Crippen molar-refractivity contribution in [3.8, 4) is 0 Å². The molecule has 28 heavy (non-hydrogen) atoms. The molecule has 1 aliphatic rings. The van der Waals surface area contributed by atoms with E-state index >= 15 is 0 Å². The van der Waals surface area contributed by atoms with Crippen molar-refractivity contribution in [2.24, 2.45) is 0 Å². The number of hydrogen-bond acceptors (Lipinski definition) is 5. The van der Waals surface area contributed by atoms with Gasteiger partial charge in [0.05, 0.1) is 9.79 Å². The number of fused-ring (bicyclic) bond motifs is 1. The lowest BCUT2D eigenvalue weighted by Gasteiger charge is -2.31. The Kier molecular flexibility index (Phi) is 5.13. The highest BCUT2D eigenvalue weighted by Crippen LogP contribution is 2.37. The van der Waals surface area contributed by atoms with Gasteiger partial charge in [-0.3, -0.25) is 0 Å². The van der Waals surface area contributed by atoms with Gasteiger partial charge >= 0.3 is 0 Å². The Labute approximate surface area is 165 Å². The van der Waals surface area contributed by atoms with Gasteiger partial charge in [-0.15, -0.1) is 0 Å². The number of nitrogens with zero attached hydrogens (tertiary/aromatic N) is 2. The Hall–Kier alpha value is -2.73. The van der Waals surface area contributed by atoms with Gasteiger partial charge in [0.2, 0.25) is 15.8 Å². The van der Waals surface area contributed by atoms with Crippen LogP contribution in [0.1, 0.15) is 36.8 Å². The molecule has 0 radical (unpaired) electrons. The molecule has 0 bridgehead atoms. The van der Waals surface area contributed by atoms with Gasteiger partial charge in [-0.1, -0.05) is 24.3 Å². The van der Waals surface area contributed by atoms with Gasteiger partial charge in [0.15, 0.2) is 0 Å². The van der Waals surface area contributed by atoms with Gasteiger partial charge in [-0.2, -0.15) is 0 Å². The number of anilines is 1. The molecule has 1 aromatic heterocycles. The van der Waals surface area contributed by atoms with E-state index in [4.69, 9.17) is 0 Å². The first-order valence-corrected chi connectivity index (χ1v) is 11.0. The maximum Gasteiger partial charge on any atom is 0.222 e. The van der Waals surface area contributed by atoms with E-state index in [1.54, 1.807) is 48.8 Å². The van der Waals surface area contributed by atoms with Crippen LogP contribution in [0.5, 0.6) is 0 Å². The van der Waals surface area contributed by atoms with Gasteiger partial charge in [0, 0.05) is 24.4 Å². The second-order valence-corrected chi connectivity index (χ2v) is 9.13. The molecule has 0 aliphatic heterocycles. The van der Waals surface area contributed by atoms with E-state index in [9.17, 15) is 8.42 Å². The number of rotatable bonds is 5. The summed E-state index contributed by atoms with van der Waals surface area (Å²) < 4.78 is 26.1. The van der Waals surface area contributed by atoms with Gasteiger partial charge in [0.1, 0.15) is 0 Å². The molecule has 2 unspecified atom stereocenters. The number of nitrogens with one attached hydrogen (secondary N) is 1. The standard InChI is InChI=1S/C22H23N3O2S/c1-16(25-22-23-13-6-14-24-22)20-10-5-7-17-11-12-19(15-21(17)20)28(26,27)18-8-3-2-4-9-18/h2-4,6,8-9,11-16,20H,5,7,10H2,1H3,(H,23,24,25). The molecule has 0 fully saturated rings. The number of aryl methyl sites for hydroxylation is 1. The minimum absolute atomic E-state index is 0.0936. The molecule has 144 valence electrons. The number of sulfone groups is 1. The van der Waals surface area contributed by atoms with Crippen LogP contribution in [0.3, 0.4) is 0 Å². The lowest BCUT2D eigenvalue weighted by molar-refractivity contribution is 0.501. The number of aromatic nitrogens is 2. The molecular weight excluding hydrogens is 370 g/mol. The maximum absolute atomic E-state index is 13.1. The summed E-state index contributed by atoms with van der Waals surface area (Å²) in [5.74, 6) is 0.800. The fraction of sp³-hybridized carbons (Fsp3) is 0.273. The summed E-state index contributed by atoms with van der Waals surface area (Å²) in [5.41, 5.74) is 2.34. The van der Waals surface area contributed by atoms with Gasteiger partial charge in [0.25, 0.3) is 0 Å². The van der Waals surface area contributed by atoms with Crippen molar-refractivity contribution in [3.63, 3.8) is 0 Å². The molecule has 6 heteroatoms. The molecule has 0 saturated carbocycles. The van der Waals surface area contributed by atoms with Crippen LogP contribution in [0.15, 0.2) is 76.8 Å². The summed E-state index contributed by atoms with van der Waals surface area (Å²) in [6, 6.07) is 16.1. The van der Waals surface area contributed by atoms with Crippen LogP contribution >= 0.6 is 0 Å². The molecule has 5 nitrogen and oxygen atoms in total. The number of benzene rings is 2. The number of hydrogen-bond donors (Lipinski definition) is 1. The largest absolute Gasteiger partial charge is 0.351 e. The zero-order valence-electron chi connectivity index (χ0n) is 15.7. The fourth-order valence-corrected chi connectivity index (χ4v) is 5.23. The molecule has 2 aromatic carbocycles. The van der Waals surface area contributed by atoms with Crippen LogP contribution in [0, 0.1) is 0 Å². The van der Waals surface area contributed by atoms with E-state index in [1.807, 2.05) is 18.2 Å². The lowest BCUT2D eigenvalue weighted by atomic mass is 9.79. The first-order chi connectivity index (χ1) is 13.6. The summed E-state index contributed by atoms with van der Waals surface area (Å²) >= 11 is 0. The van der Waals surface area contributed by atoms with Crippen molar-refractivity contribution < 1.29 is 8.42 Å². The van der Waals surface area contributed by atoms with E-state index in [0.717, 1.165) is 24.8 Å². The average molecular weight is 394 g/mol. The summed E-state index contributed by atoms with van der Waals surface area (Å²) in [5, 5.41) is 3.37. The molecule has 0 saturated heterocycles. The summed E-state index contributed by atoms with van der Waals surface area (Å²) in [6.45, 7) is 2.11. The van der Waals surface area contributed by atoms with E-state index in [-0.39, 0.29) is 12.0 Å². The fourth-order valence-electron chi connectivity index (χ4n) is 3.91. The highest BCUT2D eigenvalue weighted by atomic mass is 32.2. The smallest absolute Gasteiger partial charge is 0.222 e. The van der Waals surface area contributed by atoms with Crippen molar-refractivity contribution in [1.29, 1.82) is 0 Å². The van der Waals surface area contributed by atoms with Crippen molar-refractivity contribution in [1.82, 2.24) is 9.97 Å². The molecular formula is C22H23N3O2S. The van der Waals surface area contributed by atoms with E-state index < -0.39 is 9.84 Å². The topological polar surface area (TPSA) is 72.0 Å². The molecule has 1 heterocycles. The van der Waals surface area contributed by atoms with Crippen LogP contribution in [-0.2, 0) is 16.3 Å². The van der Waals surface area contributed by atoms with Crippen LogP contribution in [0.2, 0.25) is 0 Å². The third kappa shape index (κ3) is 3.64. The van der Waals surface area contributed by atoms with Gasteiger partial charge in [-0.25, -0.2) is 18.4 Å². The van der Waals surface area contributed by atoms with E-state index in [2.05, 4.69) is 22.2 Å². The van der Waals surface area contributed by atoms with Crippen LogP contribution in [0.25, 0.3) is 0 Å². The molecule has 2 atom stereocenters. The second-order valence-electron chi connectivity index (χ2n) is 7.18. The van der Waals surface area contributed by atoms with Crippen LogP contribution in [-0.4, -0.2) is 24.4 Å². The zero-order chi connectivity index (χ0) is 19.6. The summed E-state index contributed by atoms with van der Waals surface area (Å²) in [6.07, 6.45) is 6.49. The van der Waals surface area contributed by atoms with Crippen molar-refractivity contribution in [2.45, 2.75) is 47.9 Å². The highest BCUT2D eigenvalue weighted by molar-refractivity contribution is 7.91. The summed E-state index contributed by atoms with van der Waals surface area (Å²) in [4.78, 5) is 9.18. The maximum atomic E-state index is 13.1. The third-order valence-electron chi connectivity index (χ3n) is 5.37. The van der Waals surface area contributed by atoms with Crippen molar-refractivity contribution in [3.05, 3.63) is 78.1 Å². The molecule has 4 rings (SSSR count). The lowest BCUT2D eigenvalue weighted by Crippen LogP contribution is -2.28. The van der Waals surface area contributed by atoms with Gasteiger partial charge < -0.3 is 5.32 Å². The monoisotopic (exact) mass is 393 g/mol. The summed E-state index contributed by atoms with van der Waals surface area (Å²) in [7, 11) is -3.53. The second kappa shape index (κ2) is 7.72. The SMILES string of the molecule is CC(Nc1ncccn1)C1CCCc2ccc(S(=O)(=O)c3ccccc3)cc21. The molecule has 0 amide bonds. The predicted octanol–water partition coefficient (Wildman–Crippen LogP) is 4.23. The zero-order valence-corrected chi connectivity index (χ0v) is 16.6. The molecule has 3 aromatic rings. The van der Waals surface area contributed by atoms with Gasteiger partial charge in [-0.05, 0) is 67.6 Å². The average Bonchev–Trinajstić information content (AvgIpc) is 2.74. The predicted molar refractivity (Wildman–Crippen MR) is 109 cm³/mol. The molecule has 1 N–H and O–H groups in total. The Morgan fingerprint density at radius 1 is 1.00 bits per heavy atom. The van der Waals surface area contributed by atoms with Crippen molar-refractivity contribution >= 4 is 15.8 Å². The highest BCUT2D eigenvalue weighted by Gasteiger charge is 2.28. The minimum atomic E-state index is -3.53. The van der Waals surface area contributed by atoms with E-state index in [0.29, 0.717) is 15.7 Å². The minimum Gasteiger partial charge on any atom is -0.351 e. The Morgan fingerprint density at radius 2 is 1.75 bits per heavy atom. The first-order valence-electron chi connectivity index (χ1n) is 9.52. The van der Waals surface area contributed by atoms with Crippen LogP contribution in [0.4, 0.5) is 5.95 Å². The molecule has 1 aliphatic carbocycles. The Balaban J connectivity index is 1.68.